The number of nitrogens with one attached hydrogen (secondary N) is 2. The van der Waals surface area contributed by atoms with Crippen molar-refractivity contribution in [2.24, 2.45) is 5.92 Å². The van der Waals surface area contributed by atoms with Crippen LogP contribution >= 0.6 is 0 Å². The molecule has 0 bridgehead atoms. The number of sulfonamides is 1. The molecule has 1 aliphatic heterocycles. The molecule has 162 valence electrons. The Labute approximate surface area is 177 Å². The van der Waals surface area contributed by atoms with Crippen molar-refractivity contribution in [3.63, 3.8) is 0 Å². The summed E-state index contributed by atoms with van der Waals surface area (Å²) in [7, 11) is -3.58. The van der Waals surface area contributed by atoms with Crippen LogP contribution in [0.5, 0.6) is 0 Å². The normalized spacial score (nSPS) is 15.3. The summed E-state index contributed by atoms with van der Waals surface area (Å²) < 4.78 is 41.2. The molecule has 1 heterocycles. The highest BCUT2D eigenvalue weighted by atomic mass is 32.2. The van der Waals surface area contributed by atoms with Crippen molar-refractivity contribution < 1.29 is 17.6 Å². The van der Waals surface area contributed by atoms with E-state index < -0.39 is 10.0 Å². The van der Waals surface area contributed by atoms with E-state index in [-0.39, 0.29) is 17.8 Å². The van der Waals surface area contributed by atoms with Gasteiger partial charge in [-0.05, 0) is 86.6 Å². The summed E-state index contributed by atoms with van der Waals surface area (Å²) >= 11 is 0. The third-order valence-electron chi connectivity index (χ3n) is 5.64. The van der Waals surface area contributed by atoms with Gasteiger partial charge < -0.3 is 10.2 Å². The van der Waals surface area contributed by atoms with E-state index in [0.717, 1.165) is 16.7 Å². The number of halogens is 1. The molecule has 0 unspecified atom stereocenters. The first kappa shape index (κ1) is 22.2. The minimum absolute atomic E-state index is 0.168. The molecule has 0 radical (unpaired) electrons. The van der Waals surface area contributed by atoms with E-state index in [9.17, 15) is 17.6 Å². The molecule has 0 aromatic heterocycles. The topological polar surface area (TPSA) is 78.5 Å². The second kappa shape index (κ2) is 9.14. The highest BCUT2D eigenvalue weighted by molar-refractivity contribution is 7.89. The second-order valence-corrected chi connectivity index (χ2v) is 9.66. The SMILES string of the molecule is Cc1cc(C)c(S(=O)(=O)NCC2CCN(C(=O)Nc3ccc(F)cc3)CC2)cc1C. The molecule has 2 N–H and O–H groups in total. The Hall–Kier alpha value is -2.45. The minimum Gasteiger partial charge on any atom is -0.325 e. The summed E-state index contributed by atoms with van der Waals surface area (Å²) in [6, 6.07) is 9.01. The zero-order valence-corrected chi connectivity index (χ0v) is 18.4. The van der Waals surface area contributed by atoms with E-state index in [1.165, 1.54) is 24.3 Å². The zero-order valence-electron chi connectivity index (χ0n) is 17.5. The number of carbonyl (C=O) groups is 1. The maximum Gasteiger partial charge on any atom is 0.321 e. The maximum absolute atomic E-state index is 13.0. The van der Waals surface area contributed by atoms with Gasteiger partial charge in [0.25, 0.3) is 0 Å². The van der Waals surface area contributed by atoms with Crippen LogP contribution in [-0.4, -0.2) is 39.0 Å². The summed E-state index contributed by atoms with van der Waals surface area (Å²) in [5, 5.41) is 2.76. The second-order valence-electron chi connectivity index (χ2n) is 7.92. The van der Waals surface area contributed by atoms with Crippen molar-refractivity contribution in [3.05, 3.63) is 58.9 Å². The fourth-order valence-electron chi connectivity index (χ4n) is 3.60. The lowest BCUT2D eigenvalue weighted by Crippen LogP contribution is -2.43. The molecule has 8 heteroatoms. The largest absolute Gasteiger partial charge is 0.325 e. The van der Waals surface area contributed by atoms with Crippen molar-refractivity contribution >= 4 is 21.7 Å². The maximum atomic E-state index is 13.0. The number of hydrogen-bond acceptors (Lipinski definition) is 3. The van der Waals surface area contributed by atoms with Crippen LogP contribution in [0.3, 0.4) is 0 Å². The molecule has 0 aliphatic carbocycles. The molecule has 0 atom stereocenters. The summed E-state index contributed by atoms with van der Waals surface area (Å²) in [4.78, 5) is 14.4. The number of urea groups is 1. The van der Waals surface area contributed by atoms with Crippen LogP contribution in [0.1, 0.15) is 29.5 Å². The van der Waals surface area contributed by atoms with Gasteiger partial charge in [-0.25, -0.2) is 22.3 Å². The molecule has 2 aromatic carbocycles. The molecule has 1 fully saturated rings. The zero-order chi connectivity index (χ0) is 21.9. The van der Waals surface area contributed by atoms with Crippen molar-refractivity contribution in [1.82, 2.24) is 9.62 Å². The summed E-state index contributed by atoms with van der Waals surface area (Å²) in [6.45, 7) is 7.11. The number of hydrogen-bond donors (Lipinski definition) is 2. The van der Waals surface area contributed by atoms with E-state index in [1.54, 1.807) is 17.9 Å². The Kier molecular flexibility index (Phi) is 6.77. The molecule has 2 amide bonds. The lowest BCUT2D eigenvalue weighted by atomic mass is 9.97. The molecular formula is C22H28FN3O3S. The first-order chi connectivity index (χ1) is 14.2. The highest BCUT2D eigenvalue weighted by Gasteiger charge is 2.25. The summed E-state index contributed by atoms with van der Waals surface area (Å²) in [6.07, 6.45) is 1.43. The Balaban J connectivity index is 1.51. The lowest BCUT2D eigenvalue weighted by molar-refractivity contribution is 0.183. The molecule has 1 aliphatic rings. The number of amides is 2. The number of piperidine rings is 1. The Morgan fingerprint density at radius 2 is 1.63 bits per heavy atom. The van der Waals surface area contributed by atoms with E-state index in [0.29, 0.717) is 43.1 Å². The van der Waals surface area contributed by atoms with Crippen LogP contribution in [0.25, 0.3) is 0 Å². The fraction of sp³-hybridized carbons (Fsp3) is 0.409. The fourth-order valence-corrected chi connectivity index (χ4v) is 5.03. The van der Waals surface area contributed by atoms with Crippen molar-refractivity contribution in [1.29, 1.82) is 0 Å². The predicted octanol–water partition coefficient (Wildman–Crippen LogP) is 3.97. The molecule has 0 saturated carbocycles. The molecule has 0 spiro atoms. The van der Waals surface area contributed by atoms with Crippen molar-refractivity contribution in [2.45, 2.75) is 38.5 Å². The van der Waals surface area contributed by atoms with E-state index in [4.69, 9.17) is 0 Å². The van der Waals surface area contributed by atoms with Crippen LogP contribution in [0.2, 0.25) is 0 Å². The van der Waals surface area contributed by atoms with Crippen molar-refractivity contribution in [2.75, 3.05) is 25.0 Å². The van der Waals surface area contributed by atoms with E-state index in [1.807, 2.05) is 19.9 Å². The van der Waals surface area contributed by atoms with Gasteiger partial charge in [-0.1, -0.05) is 6.07 Å². The standard InChI is InChI=1S/C22H28FN3O3S/c1-15-12-17(3)21(13-16(15)2)30(28,29)24-14-18-8-10-26(11-9-18)22(27)25-20-6-4-19(23)5-7-20/h4-7,12-13,18,24H,8-11,14H2,1-3H3,(H,25,27). The Morgan fingerprint density at radius 1 is 1.03 bits per heavy atom. The quantitative estimate of drug-likeness (QED) is 0.749. The van der Waals surface area contributed by atoms with Gasteiger partial charge in [0.05, 0.1) is 4.90 Å². The third-order valence-corrected chi connectivity index (χ3v) is 7.21. The number of likely N-dealkylation sites (tertiary alicyclic amines) is 1. The van der Waals surface area contributed by atoms with Gasteiger partial charge in [-0.15, -0.1) is 0 Å². The molecule has 30 heavy (non-hydrogen) atoms. The smallest absolute Gasteiger partial charge is 0.321 e. The highest BCUT2D eigenvalue weighted by Crippen LogP contribution is 2.22. The van der Waals surface area contributed by atoms with Crippen LogP contribution in [-0.2, 0) is 10.0 Å². The Morgan fingerprint density at radius 3 is 2.27 bits per heavy atom. The predicted molar refractivity (Wildman–Crippen MR) is 116 cm³/mol. The number of benzene rings is 2. The number of rotatable bonds is 5. The lowest BCUT2D eigenvalue weighted by Gasteiger charge is -2.32. The van der Waals surface area contributed by atoms with Crippen LogP contribution in [0, 0.1) is 32.5 Å². The number of aryl methyl sites for hydroxylation is 3. The number of carbonyl (C=O) groups excluding carboxylic acids is 1. The first-order valence-corrected chi connectivity index (χ1v) is 11.5. The van der Waals surface area contributed by atoms with E-state index >= 15 is 0 Å². The van der Waals surface area contributed by atoms with Crippen LogP contribution < -0.4 is 10.0 Å². The van der Waals surface area contributed by atoms with Crippen LogP contribution in [0.15, 0.2) is 41.3 Å². The van der Waals surface area contributed by atoms with E-state index in [2.05, 4.69) is 10.0 Å². The average molecular weight is 434 g/mol. The van der Waals surface area contributed by atoms with Crippen molar-refractivity contribution in [3.8, 4) is 0 Å². The van der Waals surface area contributed by atoms with Gasteiger partial charge in [-0.3, -0.25) is 0 Å². The van der Waals surface area contributed by atoms with Crippen LogP contribution in [0.4, 0.5) is 14.9 Å². The van der Waals surface area contributed by atoms with Gasteiger partial charge in [0, 0.05) is 25.3 Å². The molecular weight excluding hydrogens is 405 g/mol. The van der Waals surface area contributed by atoms with Gasteiger partial charge in [0.2, 0.25) is 10.0 Å². The summed E-state index contributed by atoms with van der Waals surface area (Å²) in [5.41, 5.74) is 3.29. The average Bonchev–Trinajstić information content (AvgIpc) is 2.71. The van der Waals surface area contributed by atoms with Gasteiger partial charge in [0.1, 0.15) is 5.82 Å². The summed E-state index contributed by atoms with van der Waals surface area (Å²) in [5.74, 6) is -0.186. The molecule has 1 saturated heterocycles. The van der Waals surface area contributed by atoms with Gasteiger partial charge >= 0.3 is 6.03 Å². The number of anilines is 1. The monoisotopic (exact) mass is 433 g/mol. The Bertz CT molecular complexity index is 1010. The number of nitrogens with zero attached hydrogens (tertiary/aromatic N) is 1. The van der Waals surface area contributed by atoms with Gasteiger partial charge in [0.15, 0.2) is 0 Å². The minimum atomic E-state index is -3.58. The molecule has 2 aromatic rings. The first-order valence-electron chi connectivity index (χ1n) is 10.0. The third kappa shape index (κ3) is 5.37. The van der Waals surface area contributed by atoms with Gasteiger partial charge in [-0.2, -0.15) is 0 Å². The molecule has 6 nitrogen and oxygen atoms in total. The molecule has 3 rings (SSSR count).